The topological polar surface area (TPSA) is 81.4 Å². The zero-order chi connectivity index (χ0) is 14.6. The van der Waals surface area contributed by atoms with Crippen molar-refractivity contribution in [1.82, 2.24) is 10.5 Å². The summed E-state index contributed by atoms with van der Waals surface area (Å²) in [5, 5.41) is 6.47. The largest absolute Gasteiger partial charge is 0.467 e. The number of methoxy groups -OCH3 is 1. The van der Waals surface area contributed by atoms with Crippen LogP contribution in [-0.4, -0.2) is 29.7 Å². The summed E-state index contributed by atoms with van der Waals surface area (Å²) in [5.41, 5.74) is 0.702. The molecule has 6 heteroatoms. The molecule has 0 unspecified atom stereocenters. The van der Waals surface area contributed by atoms with Gasteiger partial charge in [0.05, 0.1) is 12.8 Å². The maximum atomic E-state index is 11.8. The average molecular weight is 268 g/mol. The fraction of sp³-hybridized carbons (Fsp3) is 0.615. The number of aromatic nitrogens is 1. The molecule has 1 N–H and O–H groups in total. The van der Waals surface area contributed by atoms with E-state index in [1.165, 1.54) is 7.11 Å². The first kappa shape index (κ1) is 15.2. The summed E-state index contributed by atoms with van der Waals surface area (Å²) in [6.45, 7) is 6.85. The summed E-state index contributed by atoms with van der Waals surface area (Å²) in [6.07, 6.45) is 0.799. The Hall–Kier alpha value is -1.85. The minimum atomic E-state index is -1.02. The molecule has 0 aromatic carbocycles. The quantitative estimate of drug-likeness (QED) is 0.814. The van der Waals surface area contributed by atoms with Gasteiger partial charge in [-0.25, -0.2) is 4.79 Å². The van der Waals surface area contributed by atoms with Crippen LogP contribution in [0.5, 0.6) is 0 Å². The lowest BCUT2D eigenvalue weighted by molar-refractivity contribution is -0.149. The molecule has 1 rings (SSSR count). The van der Waals surface area contributed by atoms with Crippen LogP contribution in [0.2, 0.25) is 0 Å². The van der Waals surface area contributed by atoms with E-state index in [-0.39, 0.29) is 12.3 Å². The Balaban J connectivity index is 2.55. The smallest absolute Gasteiger partial charge is 0.330 e. The van der Waals surface area contributed by atoms with Gasteiger partial charge in [-0.3, -0.25) is 4.79 Å². The van der Waals surface area contributed by atoms with Crippen LogP contribution in [0.1, 0.15) is 37.3 Å². The van der Waals surface area contributed by atoms with Crippen LogP contribution < -0.4 is 5.32 Å². The second-order valence-corrected chi connectivity index (χ2v) is 4.97. The Labute approximate surface area is 112 Å². The minimum absolute atomic E-state index is 0.213. The SMILES string of the molecule is COC(=O)C(C)(C)NC(=O)CCc1c(C)noc1C. The van der Waals surface area contributed by atoms with Gasteiger partial charge in [0.15, 0.2) is 0 Å². The molecule has 19 heavy (non-hydrogen) atoms. The van der Waals surface area contributed by atoms with E-state index in [4.69, 9.17) is 4.52 Å². The maximum Gasteiger partial charge on any atom is 0.330 e. The maximum absolute atomic E-state index is 11.8. The van der Waals surface area contributed by atoms with Crippen molar-refractivity contribution in [1.29, 1.82) is 0 Å². The number of hydrogen-bond donors (Lipinski definition) is 1. The highest BCUT2D eigenvalue weighted by Gasteiger charge is 2.30. The van der Waals surface area contributed by atoms with Crippen LogP contribution in [0.3, 0.4) is 0 Å². The number of aryl methyl sites for hydroxylation is 2. The van der Waals surface area contributed by atoms with Crippen LogP contribution >= 0.6 is 0 Å². The summed E-state index contributed by atoms with van der Waals surface area (Å²) in [4.78, 5) is 23.3. The molecule has 1 amide bonds. The number of esters is 1. The fourth-order valence-electron chi connectivity index (χ4n) is 1.81. The predicted molar refractivity (Wildman–Crippen MR) is 68.5 cm³/mol. The van der Waals surface area contributed by atoms with E-state index >= 15 is 0 Å². The number of ether oxygens (including phenoxy) is 1. The van der Waals surface area contributed by atoms with Crippen LogP contribution in [0, 0.1) is 13.8 Å². The van der Waals surface area contributed by atoms with Crippen molar-refractivity contribution >= 4 is 11.9 Å². The van der Waals surface area contributed by atoms with Crippen LogP contribution in [0.4, 0.5) is 0 Å². The highest BCUT2D eigenvalue weighted by molar-refractivity contribution is 5.87. The van der Waals surface area contributed by atoms with Gasteiger partial charge in [0.2, 0.25) is 5.91 Å². The van der Waals surface area contributed by atoms with Crippen LogP contribution in [0.15, 0.2) is 4.52 Å². The van der Waals surface area contributed by atoms with Gasteiger partial charge < -0.3 is 14.6 Å². The summed E-state index contributed by atoms with van der Waals surface area (Å²) in [6, 6.07) is 0. The predicted octanol–water partition coefficient (Wildman–Crippen LogP) is 1.29. The molecule has 0 aliphatic heterocycles. The third kappa shape index (κ3) is 3.81. The summed E-state index contributed by atoms with van der Waals surface area (Å²) in [5.74, 6) is 0.0334. The number of nitrogens with zero attached hydrogens (tertiary/aromatic N) is 1. The normalized spacial score (nSPS) is 11.2. The summed E-state index contributed by atoms with van der Waals surface area (Å²) >= 11 is 0. The van der Waals surface area contributed by atoms with Gasteiger partial charge in [0.25, 0.3) is 0 Å². The molecule has 0 radical (unpaired) electrons. The van der Waals surface area contributed by atoms with Crippen molar-refractivity contribution in [3.05, 3.63) is 17.0 Å². The van der Waals surface area contributed by atoms with Crippen molar-refractivity contribution < 1.29 is 18.8 Å². The van der Waals surface area contributed by atoms with E-state index in [0.29, 0.717) is 6.42 Å². The highest BCUT2D eigenvalue weighted by atomic mass is 16.5. The molecule has 106 valence electrons. The Bertz CT molecular complexity index is 457. The molecule has 0 saturated carbocycles. The van der Waals surface area contributed by atoms with Gasteiger partial charge in [-0.05, 0) is 34.1 Å². The summed E-state index contributed by atoms with van der Waals surface area (Å²) in [7, 11) is 1.29. The molecular weight excluding hydrogens is 248 g/mol. The van der Waals surface area contributed by atoms with Crippen molar-refractivity contribution in [2.75, 3.05) is 7.11 Å². The third-order valence-corrected chi connectivity index (χ3v) is 2.93. The number of amides is 1. The molecule has 1 aromatic rings. The van der Waals surface area contributed by atoms with Crippen molar-refractivity contribution in [3.63, 3.8) is 0 Å². The van der Waals surface area contributed by atoms with E-state index in [0.717, 1.165) is 17.0 Å². The molecule has 0 fully saturated rings. The molecule has 6 nitrogen and oxygen atoms in total. The van der Waals surface area contributed by atoms with Crippen LogP contribution in [0.25, 0.3) is 0 Å². The molecule has 1 aromatic heterocycles. The van der Waals surface area contributed by atoms with E-state index in [9.17, 15) is 9.59 Å². The van der Waals surface area contributed by atoms with Crippen LogP contribution in [-0.2, 0) is 20.7 Å². The lowest BCUT2D eigenvalue weighted by Gasteiger charge is -2.23. The number of hydrogen-bond acceptors (Lipinski definition) is 5. The second-order valence-electron chi connectivity index (χ2n) is 4.97. The Morgan fingerprint density at radius 3 is 2.47 bits per heavy atom. The monoisotopic (exact) mass is 268 g/mol. The minimum Gasteiger partial charge on any atom is -0.467 e. The Morgan fingerprint density at radius 1 is 1.37 bits per heavy atom. The molecule has 0 aliphatic rings. The lowest BCUT2D eigenvalue weighted by atomic mass is 10.0. The first-order chi connectivity index (χ1) is 8.77. The van der Waals surface area contributed by atoms with E-state index in [1.54, 1.807) is 13.8 Å². The number of carbonyl (C=O) groups excluding carboxylic acids is 2. The van der Waals surface area contributed by atoms with Gasteiger partial charge in [-0.15, -0.1) is 0 Å². The van der Waals surface area contributed by atoms with Crippen molar-refractivity contribution in [2.45, 2.75) is 46.1 Å². The molecule has 0 spiro atoms. The standard InChI is InChI=1S/C13H20N2O4/c1-8-10(9(2)19-15-8)6-7-11(16)14-13(3,4)12(17)18-5/h6-7H2,1-5H3,(H,14,16). The zero-order valence-corrected chi connectivity index (χ0v) is 12.0. The number of nitrogens with one attached hydrogen (secondary N) is 1. The van der Waals surface area contributed by atoms with E-state index < -0.39 is 11.5 Å². The third-order valence-electron chi connectivity index (χ3n) is 2.93. The molecular formula is C13H20N2O4. The average Bonchev–Trinajstić information content (AvgIpc) is 2.65. The second kappa shape index (κ2) is 5.86. The Kier molecular flexibility index (Phi) is 4.69. The first-order valence-corrected chi connectivity index (χ1v) is 6.09. The molecule has 0 atom stereocenters. The van der Waals surface area contributed by atoms with E-state index in [1.807, 2.05) is 13.8 Å². The molecule has 0 saturated heterocycles. The van der Waals surface area contributed by atoms with Gasteiger partial charge in [-0.2, -0.15) is 0 Å². The highest BCUT2D eigenvalue weighted by Crippen LogP contribution is 2.14. The van der Waals surface area contributed by atoms with Gasteiger partial charge in [0.1, 0.15) is 11.3 Å². The van der Waals surface area contributed by atoms with E-state index in [2.05, 4.69) is 15.2 Å². The van der Waals surface area contributed by atoms with Crippen molar-refractivity contribution in [3.8, 4) is 0 Å². The van der Waals surface area contributed by atoms with Gasteiger partial charge in [-0.1, -0.05) is 5.16 Å². The van der Waals surface area contributed by atoms with Gasteiger partial charge in [0, 0.05) is 12.0 Å². The fourth-order valence-corrected chi connectivity index (χ4v) is 1.81. The number of carbonyl (C=O) groups is 2. The zero-order valence-electron chi connectivity index (χ0n) is 12.0. The van der Waals surface area contributed by atoms with Crippen molar-refractivity contribution in [2.24, 2.45) is 0 Å². The molecule has 0 bridgehead atoms. The lowest BCUT2D eigenvalue weighted by Crippen LogP contribution is -2.50. The van der Waals surface area contributed by atoms with Gasteiger partial charge >= 0.3 is 5.97 Å². The Morgan fingerprint density at radius 2 is 2.00 bits per heavy atom. The molecule has 0 aliphatic carbocycles. The first-order valence-electron chi connectivity index (χ1n) is 6.09. The summed E-state index contributed by atoms with van der Waals surface area (Å²) < 4.78 is 9.65. The molecule has 1 heterocycles. The number of rotatable bonds is 5.